The summed E-state index contributed by atoms with van der Waals surface area (Å²) in [5.41, 5.74) is 0. The van der Waals surface area contributed by atoms with E-state index < -0.39 is 17.8 Å². The Labute approximate surface area is 186 Å². The first-order chi connectivity index (χ1) is 14.3. The monoisotopic (exact) mass is 426 g/mol. The Bertz CT molecular complexity index is 440. The number of nitrogens with one attached hydrogen (secondary N) is 2. The van der Waals surface area contributed by atoms with Crippen molar-refractivity contribution in [2.45, 2.75) is 104 Å². The summed E-state index contributed by atoms with van der Waals surface area (Å²) in [7, 11) is 4.15. The normalized spacial score (nSPS) is 14.5. The Morgan fingerprint density at radius 1 is 0.867 bits per heavy atom. The number of amides is 1. The molecule has 5 nitrogen and oxygen atoms in total. The van der Waals surface area contributed by atoms with Crippen LogP contribution in [0.3, 0.4) is 0 Å². The van der Waals surface area contributed by atoms with E-state index in [1.165, 1.54) is 62.7 Å². The molecule has 0 bridgehead atoms. The number of unbranched alkanes of at least 4 members (excludes halogenated alkanes) is 9. The fraction of sp³-hybridized carbons (Fsp3) is 0.920. The van der Waals surface area contributed by atoms with E-state index in [-0.39, 0.29) is 5.91 Å². The lowest BCUT2D eigenvalue weighted by Gasteiger charge is -2.27. The summed E-state index contributed by atoms with van der Waals surface area (Å²) >= 11 is 0. The SMILES string of the molecule is CCCCCCCCCCCCC(C)CC(C(=O)[O-])C(C)C(=O)NCCC[NH+](C)C. The Hall–Kier alpha value is -1.10. The molecular formula is C25H50N2O3. The molecule has 0 aliphatic rings. The van der Waals surface area contributed by atoms with E-state index in [1.54, 1.807) is 6.92 Å². The van der Waals surface area contributed by atoms with Gasteiger partial charge in [0.1, 0.15) is 0 Å². The Morgan fingerprint density at radius 2 is 1.40 bits per heavy atom. The average molecular weight is 427 g/mol. The maximum atomic E-state index is 12.3. The lowest BCUT2D eigenvalue weighted by molar-refractivity contribution is -0.858. The van der Waals surface area contributed by atoms with Gasteiger partial charge in [0.15, 0.2) is 0 Å². The maximum absolute atomic E-state index is 12.3. The minimum atomic E-state index is -1.09. The number of rotatable bonds is 20. The van der Waals surface area contributed by atoms with E-state index in [2.05, 4.69) is 33.3 Å². The third-order valence-corrected chi connectivity index (χ3v) is 6.18. The van der Waals surface area contributed by atoms with Crippen LogP contribution in [0.25, 0.3) is 0 Å². The molecule has 5 heteroatoms. The second kappa shape index (κ2) is 18.7. The first-order valence-corrected chi connectivity index (χ1v) is 12.6. The van der Waals surface area contributed by atoms with Gasteiger partial charge in [-0.3, -0.25) is 4.79 Å². The number of carbonyl (C=O) groups is 2. The zero-order valence-electron chi connectivity index (χ0n) is 20.6. The third-order valence-electron chi connectivity index (χ3n) is 6.18. The molecule has 0 saturated carbocycles. The summed E-state index contributed by atoms with van der Waals surface area (Å²) in [5.74, 6) is -2.21. The predicted octanol–water partition coefficient (Wildman–Crippen LogP) is 2.98. The zero-order valence-corrected chi connectivity index (χ0v) is 20.6. The molecule has 0 radical (unpaired) electrons. The number of carboxylic acids is 1. The number of carbonyl (C=O) groups excluding carboxylic acids is 2. The molecule has 1 amide bonds. The Morgan fingerprint density at radius 3 is 1.90 bits per heavy atom. The highest BCUT2D eigenvalue weighted by molar-refractivity contribution is 5.83. The maximum Gasteiger partial charge on any atom is 0.223 e. The zero-order chi connectivity index (χ0) is 22.8. The molecule has 0 aromatic heterocycles. The van der Waals surface area contributed by atoms with Crippen molar-refractivity contribution in [2.75, 3.05) is 27.2 Å². The number of hydrogen-bond donors (Lipinski definition) is 2. The fourth-order valence-electron chi connectivity index (χ4n) is 4.03. The first kappa shape index (κ1) is 28.9. The van der Waals surface area contributed by atoms with E-state index in [0.717, 1.165) is 25.8 Å². The highest BCUT2D eigenvalue weighted by Gasteiger charge is 2.26. The number of hydrogen-bond acceptors (Lipinski definition) is 3. The lowest BCUT2D eigenvalue weighted by Crippen LogP contribution is -3.05. The molecule has 0 fully saturated rings. The van der Waals surface area contributed by atoms with Gasteiger partial charge in [-0.2, -0.15) is 0 Å². The summed E-state index contributed by atoms with van der Waals surface area (Å²) in [6.45, 7) is 7.66. The molecule has 178 valence electrons. The molecule has 2 N–H and O–H groups in total. The molecule has 3 atom stereocenters. The summed E-state index contributed by atoms with van der Waals surface area (Å²) < 4.78 is 0. The first-order valence-electron chi connectivity index (χ1n) is 12.6. The van der Waals surface area contributed by atoms with E-state index >= 15 is 0 Å². The van der Waals surface area contributed by atoms with E-state index in [9.17, 15) is 14.7 Å². The molecule has 0 heterocycles. The Balaban J connectivity index is 4.02. The van der Waals surface area contributed by atoms with Crippen LogP contribution in [-0.4, -0.2) is 39.1 Å². The standard InChI is InChI=1S/C25H50N2O3/c1-6-7-8-9-10-11-12-13-14-15-17-21(2)20-23(25(29)30)22(3)24(28)26-18-16-19-27(4)5/h21-23H,6-20H2,1-5H3,(H,26,28)(H,29,30). The van der Waals surface area contributed by atoms with Crippen molar-refractivity contribution in [3.8, 4) is 0 Å². The molecule has 30 heavy (non-hydrogen) atoms. The van der Waals surface area contributed by atoms with Crippen molar-refractivity contribution < 1.29 is 19.6 Å². The minimum Gasteiger partial charge on any atom is -0.550 e. The van der Waals surface area contributed by atoms with Gasteiger partial charge in [0.05, 0.1) is 20.6 Å². The van der Waals surface area contributed by atoms with E-state index in [4.69, 9.17) is 0 Å². The largest absolute Gasteiger partial charge is 0.550 e. The quantitative estimate of drug-likeness (QED) is 0.294. The summed E-state index contributed by atoms with van der Waals surface area (Å²) in [5, 5.41) is 14.5. The molecule has 3 unspecified atom stereocenters. The third kappa shape index (κ3) is 15.7. The van der Waals surface area contributed by atoms with E-state index in [1.807, 2.05) is 0 Å². The molecular weight excluding hydrogens is 376 g/mol. The highest BCUT2D eigenvalue weighted by Crippen LogP contribution is 2.24. The van der Waals surface area contributed by atoms with Gasteiger partial charge in [-0.15, -0.1) is 0 Å². The average Bonchev–Trinajstić information content (AvgIpc) is 2.69. The molecule has 0 aromatic carbocycles. The van der Waals surface area contributed by atoms with Crippen LogP contribution >= 0.6 is 0 Å². The summed E-state index contributed by atoms with van der Waals surface area (Å²) in [6, 6.07) is 0. The second-order valence-corrected chi connectivity index (χ2v) is 9.63. The smallest absolute Gasteiger partial charge is 0.223 e. The second-order valence-electron chi connectivity index (χ2n) is 9.63. The van der Waals surface area contributed by atoms with Crippen molar-refractivity contribution in [3.63, 3.8) is 0 Å². The van der Waals surface area contributed by atoms with Crippen LogP contribution in [0.5, 0.6) is 0 Å². The minimum absolute atomic E-state index is 0.163. The molecule has 0 rings (SSSR count). The summed E-state index contributed by atoms with van der Waals surface area (Å²) in [6.07, 6.45) is 15.5. The van der Waals surface area contributed by atoms with Crippen molar-refractivity contribution in [1.82, 2.24) is 5.32 Å². The van der Waals surface area contributed by atoms with Crippen LogP contribution in [0, 0.1) is 17.8 Å². The number of aliphatic carboxylic acids is 1. The van der Waals surface area contributed by atoms with Crippen LogP contribution in [0.4, 0.5) is 0 Å². The number of carboxylic acid groups (broad SMARTS) is 1. The van der Waals surface area contributed by atoms with Gasteiger partial charge in [0, 0.05) is 30.8 Å². The number of quaternary nitrogens is 1. The van der Waals surface area contributed by atoms with Crippen LogP contribution < -0.4 is 15.3 Å². The Kier molecular flexibility index (Phi) is 18.0. The van der Waals surface area contributed by atoms with Crippen LogP contribution in [0.15, 0.2) is 0 Å². The fourth-order valence-corrected chi connectivity index (χ4v) is 4.03. The molecule has 0 aliphatic heterocycles. The molecule has 0 aromatic rings. The van der Waals surface area contributed by atoms with Crippen molar-refractivity contribution >= 4 is 11.9 Å². The van der Waals surface area contributed by atoms with Gasteiger partial charge in [0.25, 0.3) is 0 Å². The van der Waals surface area contributed by atoms with Crippen LogP contribution in [0.1, 0.15) is 104 Å². The predicted molar refractivity (Wildman–Crippen MR) is 123 cm³/mol. The lowest BCUT2D eigenvalue weighted by atomic mass is 9.83. The molecule has 0 spiro atoms. The topological polar surface area (TPSA) is 73.7 Å². The van der Waals surface area contributed by atoms with Gasteiger partial charge in [-0.05, 0) is 12.3 Å². The highest BCUT2D eigenvalue weighted by atomic mass is 16.4. The van der Waals surface area contributed by atoms with E-state index in [0.29, 0.717) is 18.9 Å². The molecule has 0 aliphatic carbocycles. The van der Waals surface area contributed by atoms with Crippen molar-refractivity contribution in [2.24, 2.45) is 17.8 Å². The van der Waals surface area contributed by atoms with Crippen molar-refractivity contribution in [1.29, 1.82) is 0 Å². The van der Waals surface area contributed by atoms with Crippen LogP contribution in [-0.2, 0) is 9.59 Å². The van der Waals surface area contributed by atoms with Gasteiger partial charge < -0.3 is 20.1 Å². The van der Waals surface area contributed by atoms with Gasteiger partial charge >= 0.3 is 0 Å². The van der Waals surface area contributed by atoms with Crippen LogP contribution in [0.2, 0.25) is 0 Å². The van der Waals surface area contributed by atoms with Crippen molar-refractivity contribution in [3.05, 3.63) is 0 Å². The summed E-state index contributed by atoms with van der Waals surface area (Å²) in [4.78, 5) is 25.3. The van der Waals surface area contributed by atoms with Gasteiger partial charge in [-0.25, -0.2) is 0 Å². The van der Waals surface area contributed by atoms with Gasteiger partial charge in [-0.1, -0.05) is 91.4 Å². The van der Waals surface area contributed by atoms with Gasteiger partial charge in [0.2, 0.25) is 5.91 Å². The molecule has 0 saturated heterocycles.